The van der Waals surface area contributed by atoms with Gasteiger partial charge in [-0.25, -0.2) is 0 Å². The van der Waals surface area contributed by atoms with Crippen LogP contribution in [0.2, 0.25) is 0 Å². The molecule has 0 fully saturated rings. The predicted molar refractivity (Wildman–Crippen MR) is 99.5 cm³/mol. The molecule has 0 saturated carbocycles. The van der Waals surface area contributed by atoms with Gasteiger partial charge in [-0.2, -0.15) is 5.10 Å². The van der Waals surface area contributed by atoms with Gasteiger partial charge in [-0.1, -0.05) is 42.5 Å². The van der Waals surface area contributed by atoms with Crippen molar-refractivity contribution < 1.29 is 14.6 Å². The van der Waals surface area contributed by atoms with E-state index in [1.165, 1.54) is 0 Å². The lowest BCUT2D eigenvalue weighted by atomic mass is 9.79. The molecule has 2 atom stereocenters. The number of carbonyl (C=O) groups is 1. The Balaban J connectivity index is 1.74. The molecule has 3 N–H and O–H groups in total. The maximum absolute atomic E-state index is 11.3. The van der Waals surface area contributed by atoms with E-state index in [1.807, 2.05) is 60.7 Å². The van der Waals surface area contributed by atoms with Gasteiger partial charge in [0.05, 0.1) is 6.10 Å². The average Bonchev–Trinajstić information content (AvgIpc) is 3.35. The monoisotopic (exact) mass is 353 g/mol. The molecule has 2 unspecified atom stereocenters. The number of aliphatic hydroxyl groups excluding tert-OH is 1. The highest BCUT2D eigenvalue weighted by atomic mass is 16.5. The third-order valence-corrected chi connectivity index (χ3v) is 4.58. The van der Waals surface area contributed by atoms with E-state index in [4.69, 9.17) is 4.74 Å². The minimum Gasteiger partial charge on any atom is -0.460 e. The van der Waals surface area contributed by atoms with E-state index in [9.17, 15) is 9.90 Å². The first-order chi connectivity index (χ1) is 12.7. The fraction of sp³-hybridized carbons (Fsp3) is 0.300. The first kappa shape index (κ1) is 17.9. The first-order valence-electron chi connectivity index (χ1n) is 8.63. The van der Waals surface area contributed by atoms with Gasteiger partial charge in [0.15, 0.2) is 0 Å². The molecule has 2 aromatic rings. The number of rotatable bonds is 10. The number of aliphatic hydroxyl groups is 1. The van der Waals surface area contributed by atoms with Crippen LogP contribution in [0.4, 0.5) is 5.69 Å². The standard InChI is InChI=1S/C20H23N3O3/c24-15-26-20(16-6-4-5-7-16,12-18-10-11-22-23-18)13-19(25)14-21-17-8-2-1-3-9-17/h1-11,15-16,19,21,25H,12-14H2,(H,22,23). The smallest absolute Gasteiger partial charge is 0.293 e. The largest absolute Gasteiger partial charge is 0.460 e. The number of hydrogen-bond acceptors (Lipinski definition) is 5. The van der Waals surface area contributed by atoms with Gasteiger partial charge in [0.2, 0.25) is 0 Å². The Bertz CT molecular complexity index is 731. The SMILES string of the molecule is O=COC(Cc1ccn[nH]1)(CC(O)CNc1ccccc1)C1C=CC=C1. The number of aromatic nitrogens is 2. The van der Waals surface area contributed by atoms with Gasteiger partial charge in [0.1, 0.15) is 5.60 Å². The molecule has 0 spiro atoms. The van der Waals surface area contributed by atoms with Crippen LogP contribution in [0.1, 0.15) is 12.1 Å². The number of H-pyrrole nitrogens is 1. The third-order valence-electron chi connectivity index (χ3n) is 4.58. The fourth-order valence-corrected chi connectivity index (χ4v) is 3.34. The molecule has 1 aliphatic carbocycles. The Hall–Kier alpha value is -2.86. The summed E-state index contributed by atoms with van der Waals surface area (Å²) in [5.74, 6) is -0.109. The topological polar surface area (TPSA) is 87.2 Å². The summed E-state index contributed by atoms with van der Waals surface area (Å²) in [4.78, 5) is 11.3. The number of nitrogens with one attached hydrogen (secondary N) is 2. The van der Waals surface area contributed by atoms with E-state index >= 15 is 0 Å². The average molecular weight is 353 g/mol. The number of aromatic amines is 1. The quantitative estimate of drug-likeness (QED) is 0.571. The lowest BCUT2D eigenvalue weighted by Crippen LogP contribution is -2.45. The van der Waals surface area contributed by atoms with Crippen molar-refractivity contribution in [3.63, 3.8) is 0 Å². The van der Waals surface area contributed by atoms with Gasteiger partial charge in [-0.3, -0.25) is 9.89 Å². The van der Waals surface area contributed by atoms with Crippen LogP contribution in [0.25, 0.3) is 0 Å². The van der Waals surface area contributed by atoms with E-state index < -0.39 is 11.7 Å². The minimum absolute atomic E-state index is 0.109. The molecular weight excluding hydrogens is 330 g/mol. The minimum atomic E-state index is -0.879. The summed E-state index contributed by atoms with van der Waals surface area (Å²) < 4.78 is 5.59. The molecule has 136 valence electrons. The zero-order chi connectivity index (χ0) is 18.2. The molecule has 1 aromatic carbocycles. The van der Waals surface area contributed by atoms with E-state index in [1.54, 1.807) is 6.20 Å². The van der Waals surface area contributed by atoms with Gasteiger partial charge >= 0.3 is 0 Å². The zero-order valence-electron chi connectivity index (χ0n) is 14.4. The second-order valence-corrected chi connectivity index (χ2v) is 6.44. The van der Waals surface area contributed by atoms with Gasteiger partial charge in [-0.15, -0.1) is 0 Å². The Morgan fingerprint density at radius 2 is 2.04 bits per heavy atom. The lowest BCUT2D eigenvalue weighted by Gasteiger charge is -2.37. The maximum Gasteiger partial charge on any atom is 0.293 e. The summed E-state index contributed by atoms with van der Waals surface area (Å²) in [7, 11) is 0. The molecule has 0 amide bonds. The van der Waals surface area contributed by atoms with Crippen molar-refractivity contribution in [1.29, 1.82) is 0 Å². The number of para-hydroxylation sites is 1. The van der Waals surface area contributed by atoms with Gasteiger partial charge < -0.3 is 15.2 Å². The second-order valence-electron chi connectivity index (χ2n) is 6.44. The van der Waals surface area contributed by atoms with E-state index in [0.29, 0.717) is 25.9 Å². The molecule has 3 rings (SSSR count). The number of benzene rings is 1. The number of hydrogen-bond donors (Lipinski definition) is 3. The van der Waals surface area contributed by atoms with Gasteiger partial charge in [-0.05, 0) is 18.2 Å². The highest BCUT2D eigenvalue weighted by Crippen LogP contribution is 2.35. The van der Waals surface area contributed by atoms with Crippen molar-refractivity contribution in [1.82, 2.24) is 10.2 Å². The highest BCUT2D eigenvalue weighted by molar-refractivity contribution is 5.43. The van der Waals surface area contributed by atoms with Crippen LogP contribution in [0.15, 0.2) is 66.9 Å². The predicted octanol–water partition coefficient (Wildman–Crippen LogP) is 2.47. The van der Waals surface area contributed by atoms with Crippen LogP contribution in [0, 0.1) is 5.92 Å². The van der Waals surface area contributed by atoms with E-state index in [0.717, 1.165) is 11.4 Å². The van der Waals surface area contributed by atoms with Crippen LogP contribution in [-0.2, 0) is 16.0 Å². The third kappa shape index (κ3) is 4.40. The maximum atomic E-state index is 11.3. The van der Waals surface area contributed by atoms with Crippen LogP contribution in [0.3, 0.4) is 0 Å². The Morgan fingerprint density at radius 3 is 2.69 bits per heavy atom. The molecular formula is C20H23N3O3. The fourth-order valence-electron chi connectivity index (χ4n) is 3.34. The molecule has 26 heavy (non-hydrogen) atoms. The summed E-state index contributed by atoms with van der Waals surface area (Å²) >= 11 is 0. The second kappa shape index (κ2) is 8.49. The normalized spacial score (nSPS) is 17.0. The number of allylic oxidation sites excluding steroid dienone is 2. The number of anilines is 1. The number of ether oxygens (including phenoxy) is 1. The molecule has 0 aliphatic heterocycles. The van der Waals surface area contributed by atoms with Crippen molar-refractivity contribution >= 4 is 12.2 Å². The molecule has 6 nitrogen and oxygen atoms in total. The van der Waals surface area contributed by atoms with Crippen molar-refractivity contribution in [2.24, 2.45) is 5.92 Å². The lowest BCUT2D eigenvalue weighted by molar-refractivity contribution is -0.150. The van der Waals surface area contributed by atoms with Crippen molar-refractivity contribution in [3.8, 4) is 0 Å². The summed E-state index contributed by atoms with van der Waals surface area (Å²) in [5.41, 5.74) is 0.904. The van der Waals surface area contributed by atoms with Crippen molar-refractivity contribution in [2.75, 3.05) is 11.9 Å². The molecule has 0 saturated heterocycles. The van der Waals surface area contributed by atoms with Crippen LogP contribution in [0.5, 0.6) is 0 Å². The number of nitrogens with zero attached hydrogens (tertiary/aromatic N) is 1. The summed E-state index contributed by atoms with van der Waals surface area (Å²) in [5, 5.41) is 20.7. The van der Waals surface area contributed by atoms with Crippen molar-refractivity contribution in [2.45, 2.75) is 24.5 Å². The van der Waals surface area contributed by atoms with E-state index in [2.05, 4.69) is 15.5 Å². The molecule has 1 heterocycles. The molecule has 0 bridgehead atoms. The first-order valence-corrected chi connectivity index (χ1v) is 8.63. The number of carbonyl (C=O) groups excluding carboxylic acids is 1. The zero-order valence-corrected chi connectivity index (χ0v) is 14.4. The molecule has 1 aliphatic rings. The van der Waals surface area contributed by atoms with Crippen LogP contribution < -0.4 is 5.32 Å². The Morgan fingerprint density at radius 1 is 1.27 bits per heavy atom. The Labute approximate surface area is 152 Å². The molecule has 6 heteroatoms. The van der Waals surface area contributed by atoms with Crippen LogP contribution >= 0.6 is 0 Å². The molecule has 1 aromatic heterocycles. The summed E-state index contributed by atoms with van der Waals surface area (Å²) in [6, 6.07) is 11.5. The van der Waals surface area contributed by atoms with Gasteiger partial charge in [0.25, 0.3) is 6.47 Å². The van der Waals surface area contributed by atoms with Crippen molar-refractivity contribution in [3.05, 3.63) is 72.6 Å². The van der Waals surface area contributed by atoms with E-state index in [-0.39, 0.29) is 5.92 Å². The summed E-state index contributed by atoms with van der Waals surface area (Å²) in [6.45, 7) is 0.824. The summed E-state index contributed by atoms with van der Waals surface area (Å²) in [6.07, 6.45) is 9.52. The molecule has 0 radical (unpaired) electrons. The van der Waals surface area contributed by atoms with Crippen LogP contribution in [-0.4, -0.2) is 40.0 Å². The van der Waals surface area contributed by atoms with Gasteiger partial charge in [0, 0.05) is 42.9 Å². The highest BCUT2D eigenvalue weighted by Gasteiger charge is 2.41. The Kier molecular flexibility index (Phi) is 5.86.